The second-order valence-corrected chi connectivity index (χ2v) is 12.9. The molecule has 2 radical (unpaired) electrons. The fraction of sp³-hybridized carbons (Fsp3) is 0.923. The Morgan fingerprint density at radius 1 is 0.516 bits per heavy atom. The van der Waals surface area contributed by atoms with E-state index in [1.54, 1.807) is 0 Å². The van der Waals surface area contributed by atoms with Crippen molar-refractivity contribution in [1.82, 2.24) is 0 Å². The molecule has 31 heavy (non-hydrogen) atoms. The Morgan fingerprint density at radius 2 is 0.903 bits per heavy atom. The van der Waals surface area contributed by atoms with Crippen molar-refractivity contribution in [1.29, 1.82) is 0 Å². The van der Waals surface area contributed by atoms with Crippen molar-refractivity contribution >= 4 is 33.1 Å². The molecule has 0 spiro atoms. The Bertz CT molecular complexity index is 365. The molecule has 0 rings (SSSR count). The second kappa shape index (κ2) is 26.0. The third-order valence-corrected chi connectivity index (χ3v) is 9.53. The summed E-state index contributed by atoms with van der Waals surface area (Å²) in [6.45, 7) is 5.64. The number of rotatable bonds is 24. The van der Waals surface area contributed by atoms with Gasteiger partial charge in [-0.2, -0.15) is 0 Å². The first-order chi connectivity index (χ1) is 15.2. The summed E-state index contributed by atoms with van der Waals surface area (Å²) in [7, 11) is 0. The maximum atomic E-state index is 11.7. The Kier molecular flexibility index (Phi) is 25.8. The average molecular weight is 545 g/mol. The summed E-state index contributed by atoms with van der Waals surface area (Å²) in [4.78, 5) is 23.4. The number of ether oxygens (including phenoxy) is 2. The van der Waals surface area contributed by atoms with Gasteiger partial charge in [-0.25, -0.2) is 0 Å². The molecule has 0 aliphatic rings. The van der Waals surface area contributed by atoms with Crippen molar-refractivity contribution in [2.24, 2.45) is 0 Å². The maximum absolute atomic E-state index is 11.7. The molecule has 0 fully saturated rings. The van der Waals surface area contributed by atoms with Gasteiger partial charge in [0.15, 0.2) is 0 Å². The molecule has 0 saturated carbocycles. The van der Waals surface area contributed by atoms with Crippen molar-refractivity contribution < 1.29 is 19.1 Å². The summed E-state index contributed by atoms with van der Waals surface area (Å²) in [5.41, 5.74) is 0. The summed E-state index contributed by atoms with van der Waals surface area (Å²) in [5, 5.41) is 0. The number of carbonyl (C=O) groups is 2. The van der Waals surface area contributed by atoms with Crippen molar-refractivity contribution in [3.63, 3.8) is 0 Å². The van der Waals surface area contributed by atoms with Crippen LogP contribution in [0.2, 0.25) is 8.87 Å². The number of hydrogen-bond donors (Lipinski definition) is 0. The van der Waals surface area contributed by atoms with Crippen LogP contribution in [-0.4, -0.2) is 46.3 Å². The van der Waals surface area contributed by atoms with Gasteiger partial charge < -0.3 is 0 Å². The third kappa shape index (κ3) is 25.9. The quantitative estimate of drug-likeness (QED) is 0.0710. The smallest absolute Gasteiger partial charge is 0.0654 e. The van der Waals surface area contributed by atoms with Crippen LogP contribution in [0.4, 0.5) is 0 Å². The first-order valence-corrected chi connectivity index (χ1v) is 17.3. The molecule has 0 unspecified atom stereocenters. The molecule has 0 saturated heterocycles. The summed E-state index contributed by atoms with van der Waals surface area (Å²) in [6, 6.07) is 0. The van der Waals surface area contributed by atoms with E-state index in [4.69, 9.17) is 9.47 Å². The van der Waals surface area contributed by atoms with Crippen molar-refractivity contribution in [3.05, 3.63) is 0 Å². The van der Waals surface area contributed by atoms with E-state index in [-0.39, 0.29) is 33.1 Å². The molecule has 4 nitrogen and oxygen atoms in total. The van der Waals surface area contributed by atoms with Gasteiger partial charge in [0, 0.05) is 0 Å². The summed E-state index contributed by atoms with van der Waals surface area (Å²) in [6.07, 6.45) is 20.1. The molecule has 0 bridgehead atoms. The van der Waals surface area contributed by atoms with E-state index < -0.39 is 0 Å². The van der Waals surface area contributed by atoms with Gasteiger partial charge in [-0.15, -0.1) is 0 Å². The molecule has 0 aromatic heterocycles. The summed E-state index contributed by atoms with van der Waals surface area (Å²) < 4.78 is 13.4. The van der Waals surface area contributed by atoms with Gasteiger partial charge in [-0.05, 0) is 0 Å². The van der Waals surface area contributed by atoms with Crippen LogP contribution in [0.15, 0.2) is 0 Å². The molecule has 0 aromatic rings. The van der Waals surface area contributed by atoms with Gasteiger partial charge in [0.1, 0.15) is 0 Å². The Balaban J connectivity index is 3.22. The van der Waals surface area contributed by atoms with Crippen LogP contribution in [0.1, 0.15) is 129 Å². The Morgan fingerprint density at radius 3 is 1.32 bits per heavy atom. The molecular weight excluding hydrogens is 495 g/mol. The zero-order chi connectivity index (χ0) is 22.8. The van der Waals surface area contributed by atoms with E-state index in [0.717, 1.165) is 38.5 Å². The van der Waals surface area contributed by atoms with Crippen LogP contribution in [0.25, 0.3) is 0 Å². The van der Waals surface area contributed by atoms with E-state index in [0.29, 0.717) is 26.1 Å². The molecule has 0 aromatic carbocycles. The molecule has 0 aliphatic carbocycles. The van der Waals surface area contributed by atoms with E-state index in [2.05, 4.69) is 13.8 Å². The number of unbranched alkanes of at least 4 members (excludes halogenated alkanes) is 12. The molecule has 0 heterocycles. The first kappa shape index (κ1) is 30.7. The van der Waals surface area contributed by atoms with Crippen molar-refractivity contribution in [2.75, 3.05) is 13.2 Å². The monoisotopic (exact) mass is 546 g/mol. The van der Waals surface area contributed by atoms with E-state index >= 15 is 0 Å². The van der Waals surface area contributed by atoms with Gasteiger partial charge in [0.2, 0.25) is 0 Å². The topological polar surface area (TPSA) is 52.6 Å². The average Bonchev–Trinajstić information content (AvgIpc) is 2.76. The predicted octanol–water partition coefficient (Wildman–Crippen LogP) is 7.68. The van der Waals surface area contributed by atoms with Crippen molar-refractivity contribution in [2.45, 2.75) is 138 Å². The van der Waals surface area contributed by atoms with Crippen LogP contribution >= 0.6 is 0 Å². The van der Waals surface area contributed by atoms with E-state index in [1.165, 1.54) is 73.1 Å². The molecule has 182 valence electrons. The van der Waals surface area contributed by atoms with Crippen LogP contribution in [-0.2, 0) is 19.1 Å². The SMILES string of the molecule is CCCCCCCCC(=O)OCCC[CH2][Sn][CH2]CCCOC(=O)CCCCCCCC. The molecule has 0 aliphatic heterocycles. The molecule has 0 atom stereocenters. The second-order valence-electron chi connectivity index (χ2n) is 8.64. The van der Waals surface area contributed by atoms with Crippen LogP contribution in [0.5, 0.6) is 0 Å². The molecule has 5 heteroatoms. The van der Waals surface area contributed by atoms with Gasteiger partial charge in [0.25, 0.3) is 0 Å². The predicted molar refractivity (Wildman–Crippen MR) is 132 cm³/mol. The van der Waals surface area contributed by atoms with Crippen LogP contribution in [0, 0.1) is 0 Å². The number of esters is 2. The van der Waals surface area contributed by atoms with E-state index in [9.17, 15) is 9.59 Å². The van der Waals surface area contributed by atoms with Crippen LogP contribution in [0.3, 0.4) is 0 Å². The van der Waals surface area contributed by atoms with Gasteiger partial charge in [0.05, 0.1) is 0 Å². The molecular formula is C26H50O4Sn. The third-order valence-electron chi connectivity index (χ3n) is 5.49. The summed E-state index contributed by atoms with van der Waals surface area (Å²) >= 11 is -0.285. The zero-order valence-electron chi connectivity index (χ0n) is 20.7. The molecule has 0 N–H and O–H groups in total. The minimum absolute atomic E-state index is 0.0125. The van der Waals surface area contributed by atoms with E-state index in [1.807, 2.05) is 0 Å². The minimum atomic E-state index is -0.285. The van der Waals surface area contributed by atoms with Crippen LogP contribution < -0.4 is 0 Å². The Labute approximate surface area is 203 Å². The standard InChI is InChI=1S/2C13H25O2.Sn/c2*1-3-5-7-8-9-10-11-13(14)15-12-6-4-2;/h2*2-12H2,1H3;. The fourth-order valence-corrected chi connectivity index (χ4v) is 7.01. The van der Waals surface area contributed by atoms with Gasteiger partial charge >= 0.3 is 177 Å². The fourth-order valence-electron chi connectivity index (χ4n) is 3.44. The minimum Gasteiger partial charge on any atom is -0.0654 e. The summed E-state index contributed by atoms with van der Waals surface area (Å²) in [5.74, 6) is -0.0250. The number of hydrogen-bond acceptors (Lipinski definition) is 4. The molecule has 0 amide bonds. The normalized spacial score (nSPS) is 10.9. The van der Waals surface area contributed by atoms with Gasteiger partial charge in [-0.3, -0.25) is 0 Å². The van der Waals surface area contributed by atoms with Crippen molar-refractivity contribution in [3.8, 4) is 0 Å². The zero-order valence-corrected chi connectivity index (χ0v) is 23.5. The number of carbonyl (C=O) groups excluding carboxylic acids is 2. The Hall–Kier alpha value is -0.261. The van der Waals surface area contributed by atoms with Gasteiger partial charge in [-0.1, -0.05) is 26.7 Å². The first-order valence-electron chi connectivity index (χ1n) is 13.2.